The summed E-state index contributed by atoms with van der Waals surface area (Å²) in [6.07, 6.45) is -0.386. The first-order valence-electron chi connectivity index (χ1n) is 11.1. The van der Waals surface area contributed by atoms with E-state index in [-0.39, 0.29) is 6.42 Å². The number of nitrogens with one attached hydrogen (secondary N) is 2. The molecule has 2 aromatic carbocycles. The molecule has 3 aliphatic rings. The maximum atomic E-state index is 13.2. The molecule has 0 spiro atoms. The van der Waals surface area contributed by atoms with Gasteiger partial charge in [-0.3, -0.25) is 14.7 Å². The summed E-state index contributed by atoms with van der Waals surface area (Å²) < 4.78 is 31.8. The Morgan fingerprint density at radius 1 is 1.21 bits per heavy atom. The maximum absolute atomic E-state index is 13.2. The summed E-state index contributed by atoms with van der Waals surface area (Å²) in [5, 5.41) is 2.62. The lowest BCUT2D eigenvalue weighted by atomic mass is 10.0. The molecule has 3 heterocycles. The van der Waals surface area contributed by atoms with Crippen LogP contribution < -0.4 is 5.32 Å². The van der Waals surface area contributed by atoms with Crippen molar-refractivity contribution < 1.29 is 18.3 Å². The van der Waals surface area contributed by atoms with Crippen molar-refractivity contribution in [1.29, 1.82) is 0 Å². The third-order valence-corrected chi connectivity index (χ3v) is 6.46. The maximum Gasteiger partial charge on any atom is 0.260 e. The predicted molar refractivity (Wildman–Crippen MR) is 120 cm³/mol. The van der Waals surface area contributed by atoms with Crippen LogP contribution in [-0.4, -0.2) is 58.7 Å². The number of benzene rings is 2. The monoisotopic (exact) mass is 451 g/mol. The summed E-state index contributed by atoms with van der Waals surface area (Å²) in [6.45, 7) is 4.76. The number of rotatable bonds is 5. The lowest BCUT2D eigenvalue weighted by Crippen LogP contribution is -2.35. The van der Waals surface area contributed by atoms with Crippen LogP contribution in [0.1, 0.15) is 28.9 Å². The number of fused-ring (bicyclic) bond motifs is 2. The molecule has 1 amide bonds. The van der Waals surface area contributed by atoms with Gasteiger partial charge >= 0.3 is 0 Å². The molecule has 1 atom stereocenters. The third-order valence-electron chi connectivity index (χ3n) is 6.46. The minimum Gasteiger partial charge on any atom is -0.379 e. The van der Waals surface area contributed by atoms with Crippen molar-refractivity contribution in [1.82, 2.24) is 14.9 Å². The number of morpholine rings is 1. The fourth-order valence-corrected chi connectivity index (χ4v) is 4.48. The van der Waals surface area contributed by atoms with Gasteiger partial charge in [-0.05, 0) is 35.4 Å². The van der Waals surface area contributed by atoms with Crippen molar-refractivity contribution in [3.05, 3.63) is 58.9 Å². The molecule has 1 saturated carbocycles. The van der Waals surface area contributed by atoms with Crippen LogP contribution >= 0.6 is 0 Å². The van der Waals surface area contributed by atoms with Crippen LogP contribution in [0.3, 0.4) is 0 Å². The fraction of sp³-hybridized carbons (Fsp3) is 0.375. The first-order valence-corrected chi connectivity index (χ1v) is 11.1. The van der Waals surface area contributed by atoms with E-state index in [9.17, 15) is 13.6 Å². The summed E-state index contributed by atoms with van der Waals surface area (Å²) in [4.78, 5) is 27.2. The van der Waals surface area contributed by atoms with Crippen LogP contribution in [0.5, 0.6) is 0 Å². The zero-order valence-corrected chi connectivity index (χ0v) is 17.9. The van der Waals surface area contributed by atoms with E-state index in [0.717, 1.165) is 55.0 Å². The van der Waals surface area contributed by atoms with Crippen molar-refractivity contribution in [2.75, 3.05) is 31.6 Å². The van der Waals surface area contributed by atoms with E-state index in [1.165, 1.54) is 5.56 Å². The molecule has 3 aromatic rings. The number of imidazole rings is 1. The van der Waals surface area contributed by atoms with Gasteiger partial charge in [0, 0.05) is 37.3 Å². The van der Waals surface area contributed by atoms with Crippen molar-refractivity contribution in [3.8, 4) is 0 Å². The van der Waals surface area contributed by atoms with E-state index in [4.69, 9.17) is 9.72 Å². The third kappa shape index (κ3) is 3.91. The molecule has 1 aromatic heterocycles. The number of alkyl halides is 2. The number of hydrogen-bond donors (Lipinski definition) is 2. The molecule has 9 heteroatoms. The number of nitrogens with zero attached hydrogens (tertiary/aromatic N) is 3. The molecular weight excluding hydrogens is 428 g/mol. The first-order chi connectivity index (χ1) is 16.0. The van der Waals surface area contributed by atoms with Crippen molar-refractivity contribution in [3.63, 3.8) is 0 Å². The molecule has 1 aliphatic carbocycles. The van der Waals surface area contributed by atoms with Crippen molar-refractivity contribution in [2.24, 2.45) is 10.9 Å². The Morgan fingerprint density at radius 3 is 2.82 bits per heavy atom. The minimum atomic E-state index is -2.89. The molecule has 2 aliphatic heterocycles. The van der Waals surface area contributed by atoms with E-state index in [1.54, 1.807) is 12.1 Å². The highest BCUT2D eigenvalue weighted by Crippen LogP contribution is 2.49. The Bertz CT molecular complexity index is 1280. The standard InChI is InChI=1S/C24H23F2N5O2/c25-24(26)11-18(24)23(32)28-16-3-2-15-12-27-21(17(15)10-16)22-29-19-4-1-14(9-20(19)30-22)13-31-5-7-33-8-6-31/h1-4,9-10,18H,5-8,11-13H2,(H,28,32)(H,29,30). The molecule has 2 fully saturated rings. The lowest BCUT2D eigenvalue weighted by molar-refractivity contribution is -0.119. The molecule has 1 saturated heterocycles. The van der Waals surface area contributed by atoms with E-state index >= 15 is 0 Å². The highest BCUT2D eigenvalue weighted by molar-refractivity contribution is 6.14. The fourth-order valence-electron chi connectivity index (χ4n) is 4.48. The number of amides is 1. The van der Waals surface area contributed by atoms with Gasteiger partial charge in [-0.15, -0.1) is 0 Å². The zero-order valence-electron chi connectivity index (χ0n) is 17.9. The van der Waals surface area contributed by atoms with Crippen LogP contribution in [0, 0.1) is 5.92 Å². The number of hydrogen-bond acceptors (Lipinski definition) is 5. The van der Waals surface area contributed by atoms with Gasteiger partial charge in [-0.2, -0.15) is 0 Å². The largest absolute Gasteiger partial charge is 0.379 e. The van der Waals surface area contributed by atoms with Gasteiger partial charge in [0.2, 0.25) is 5.91 Å². The highest BCUT2D eigenvalue weighted by atomic mass is 19.3. The summed E-state index contributed by atoms with van der Waals surface area (Å²) >= 11 is 0. The number of aliphatic imine (C=N–C) groups is 1. The van der Waals surface area contributed by atoms with Gasteiger partial charge in [0.15, 0.2) is 5.82 Å². The SMILES string of the molecule is O=C(Nc1ccc2c(c1)C(c1nc3ccc(CN4CCOCC4)cc3[nH]1)=NC2)C1CC1(F)F. The Labute approximate surface area is 188 Å². The number of aromatic nitrogens is 2. The smallest absolute Gasteiger partial charge is 0.260 e. The van der Waals surface area contributed by atoms with Gasteiger partial charge in [-0.25, -0.2) is 13.8 Å². The second-order valence-corrected chi connectivity index (χ2v) is 8.87. The number of carbonyl (C=O) groups excluding carboxylic acids is 1. The number of halogens is 2. The number of ether oxygens (including phenoxy) is 1. The van der Waals surface area contributed by atoms with Gasteiger partial charge in [-0.1, -0.05) is 12.1 Å². The van der Waals surface area contributed by atoms with Crippen molar-refractivity contribution >= 4 is 28.3 Å². The molecular formula is C24H23F2N5O2. The van der Waals surface area contributed by atoms with Crippen LogP contribution in [0.4, 0.5) is 14.5 Å². The van der Waals surface area contributed by atoms with Crippen LogP contribution in [0.15, 0.2) is 41.4 Å². The van der Waals surface area contributed by atoms with E-state index in [2.05, 4.69) is 32.3 Å². The average molecular weight is 451 g/mol. The number of anilines is 1. The van der Waals surface area contributed by atoms with Gasteiger partial charge in [0.1, 0.15) is 11.6 Å². The van der Waals surface area contributed by atoms with E-state index in [0.29, 0.717) is 23.8 Å². The van der Waals surface area contributed by atoms with Crippen LogP contribution in [-0.2, 0) is 22.6 Å². The zero-order chi connectivity index (χ0) is 22.6. The molecule has 0 bridgehead atoms. The molecule has 0 radical (unpaired) electrons. The molecule has 2 N–H and O–H groups in total. The molecule has 6 rings (SSSR count). The molecule has 33 heavy (non-hydrogen) atoms. The van der Waals surface area contributed by atoms with Gasteiger partial charge < -0.3 is 15.0 Å². The Kier molecular flexibility index (Phi) is 4.77. The number of H-pyrrole nitrogens is 1. The van der Waals surface area contributed by atoms with E-state index in [1.807, 2.05) is 12.1 Å². The summed E-state index contributed by atoms with van der Waals surface area (Å²) in [7, 11) is 0. The lowest BCUT2D eigenvalue weighted by Gasteiger charge is -2.26. The van der Waals surface area contributed by atoms with Crippen LogP contribution in [0.2, 0.25) is 0 Å². The van der Waals surface area contributed by atoms with Crippen LogP contribution in [0.25, 0.3) is 11.0 Å². The molecule has 7 nitrogen and oxygen atoms in total. The Hall–Kier alpha value is -3.17. The summed E-state index contributed by atoms with van der Waals surface area (Å²) in [5.74, 6) is -4.11. The molecule has 1 unspecified atom stereocenters. The van der Waals surface area contributed by atoms with Crippen molar-refractivity contribution in [2.45, 2.75) is 25.4 Å². The topological polar surface area (TPSA) is 82.6 Å². The highest BCUT2D eigenvalue weighted by Gasteiger charge is 2.61. The second kappa shape index (κ2) is 7.71. The summed E-state index contributed by atoms with van der Waals surface area (Å²) in [6, 6.07) is 11.6. The Morgan fingerprint density at radius 2 is 2.03 bits per heavy atom. The van der Waals surface area contributed by atoms with E-state index < -0.39 is 17.7 Å². The minimum absolute atomic E-state index is 0.386. The number of carbonyl (C=O) groups is 1. The normalized spacial score (nSPS) is 21.6. The predicted octanol–water partition coefficient (Wildman–Crippen LogP) is 3.34. The summed E-state index contributed by atoms with van der Waals surface area (Å²) in [5.41, 5.74) is 6.05. The van der Waals surface area contributed by atoms with Gasteiger partial charge in [0.05, 0.1) is 30.8 Å². The quantitative estimate of drug-likeness (QED) is 0.624. The number of aromatic amines is 1. The first kappa shape index (κ1) is 20.4. The molecule has 170 valence electrons. The average Bonchev–Trinajstić information content (AvgIpc) is 3.13. The second-order valence-electron chi connectivity index (χ2n) is 8.87. The van der Waals surface area contributed by atoms with Gasteiger partial charge in [0.25, 0.3) is 5.92 Å². The Balaban J connectivity index is 1.23.